The zero-order valence-corrected chi connectivity index (χ0v) is 12.6. The molecule has 1 aromatic carbocycles. The van der Waals surface area contributed by atoms with Crippen LogP contribution in [0.15, 0.2) is 18.2 Å². The number of carbonyl (C=O) groups excluding carboxylic acids is 1. The summed E-state index contributed by atoms with van der Waals surface area (Å²) in [5.41, 5.74) is 5.91. The van der Waals surface area contributed by atoms with E-state index in [4.69, 9.17) is 5.73 Å². The second-order valence-electron chi connectivity index (χ2n) is 5.68. The summed E-state index contributed by atoms with van der Waals surface area (Å²) in [6.07, 6.45) is 2.40. The Morgan fingerprint density at radius 2 is 2.14 bits per heavy atom. The van der Waals surface area contributed by atoms with Gasteiger partial charge in [0.1, 0.15) is 5.82 Å². The van der Waals surface area contributed by atoms with Crippen LogP contribution < -0.4 is 11.1 Å². The summed E-state index contributed by atoms with van der Waals surface area (Å²) in [5, 5.41) is 3.32. The van der Waals surface area contributed by atoms with Gasteiger partial charge < -0.3 is 16.0 Å². The molecule has 1 aromatic rings. The number of primary amides is 1. The van der Waals surface area contributed by atoms with E-state index < -0.39 is 5.91 Å². The molecule has 3 N–H and O–H groups in total. The lowest BCUT2D eigenvalue weighted by Crippen LogP contribution is -2.37. The van der Waals surface area contributed by atoms with Crippen LogP contribution in [-0.4, -0.2) is 37.0 Å². The molecule has 1 aliphatic rings. The number of nitrogens with two attached hydrogens (primary N) is 1. The molecule has 0 atom stereocenters. The number of hydrogen-bond donors (Lipinski definition) is 2. The number of hydrogen-bond acceptors (Lipinski definition) is 3. The van der Waals surface area contributed by atoms with Gasteiger partial charge in [-0.3, -0.25) is 4.79 Å². The molecule has 0 saturated carbocycles. The maximum absolute atomic E-state index is 13.8. The van der Waals surface area contributed by atoms with Crippen LogP contribution in [0.1, 0.15) is 35.7 Å². The molecule has 2 rings (SSSR count). The van der Waals surface area contributed by atoms with Gasteiger partial charge in [0.15, 0.2) is 0 Å². The fourth-order valence-electron chi connectivity index (χ4n) is 2.76. The highest BCUT2D eigenvalue weighted by Crippen LogP contribution is 2.16. The van der Waals surface area contributed by atoms with Crippen molar-refractivity contribution in [2.24, 2.45) is 11.7 Å². The van der Waals surface area contributed by atoms with E-state index in [0.717, 1.165) is 26.2 Å². The monoisotopic (exact) mass is 293 g/mol. The van der Waals surface area contributed by atoms with Crippen molar-refractivity contribution in [3.63, 3.8) is 0 Å². The van der Waals surface area contributed by atoms with Gasteiger partial charge in [-0.15, -0.1) is 0 Å². The molecule has 0 aromatic heterocycles. The van der Waals surface area contributed by atoms with E-state index in [1.54, 1.807) is 12.1 Å². The minimum absolute atomic E-state index is 0.211. The summed E-state index contributed by atoms with van der Waals surface area (Å²) < 4.78 is 13.8. The lowest BCUT2D eigenvalue weighted by molar-refractivity contribution is 0.1000. The van der Waals surface area contributed by atoms with Crippen molar-refractivity contribution in [3.8, 4) is 0 Å². The Kier molecular flexibility index (Phi) is 5.70. The second kappa shape index (κ2) is 7.52. The molecule has 1 amide bonds. The quantitative estimate of drug-likeness (QED) is 0.840. The minimum Gasteiger partial charge on any atom is -0.366 e. The third-order valence-corrected chi connectivity index (χ3v) is 4.24. The summed E-state index contributed by atoms with van der Waals surface area (Å²) >= 11 is 0. The molecule has 5 heteroatoms. The minimum atomic E-state index is -0.601. The van der Waals surface area contributed by atoms with E-state index in [2.05, 4.69) is 17.1 Å². The highest BCUT2D eigenvalue weighted by Gasteiger charge is 2.17. The number of carbonyl (C=O) groups is 1. The number of amides is 1. The Bertz CT molecular complexity index is 484. The molecular weight excluding hydrogens is 269 g/mol. The van der Waals surface area contributed by atoms with Gasteiger partial charge in [-0.05, 0) is 57.1 Å². The molecule has 0 aliphatic carbocycles. The van der Waals surface area contributed by atoms with E-state index in [-0.39, 0.29) is 11.4 Å². The number of likely N-dealkylation sites (tertiary alicyclic amines) is 1. The Labute approximate surface area is 125 Å². The molecule has 1 fully saturated rings. The Balaban J connectivity index is 1.77. The molecule has 21 heavy (non-hydrogen) atoms. The average molecular weight is 293 g/mol. The summed E-state index contributed by atoms with van der Waals surface area (Å²) in [6.45, 7) is 7.02. The van der Waals surface area contributed by atoms with Crippen molar-refractivity contribution < 1.29 is 9.18 Å². The first-order chi connectivity index (χ1) is 10.1. The van der Waals surface area contributed by atoms with E-state index in [9.17, 15) is 9.18 Å². The average Bonchev–Trinajstić information content (AvgIpc) is 2.49. The fourth-order valence-corrected chi connectivity index (χ4v) is 2.76. The fraction of sp³-hybridized carbons (Fsp3) is 0.562. The molecule has 4 nitrogen and oxygen atoms in total. The van der Waals surface area contributed by atoms with Gasteiger partial charge in [-0.1, -0.05) is 13.0 Å². The van der Waals surface area contributed by atoms with Crippen molar-refractivity contribution in [2.75, 3.05) is 26.2 Å². The maximum Gasteiger partial charge on any atom is 0.248 e. The smallest absolute Gasteiger partial charge is 0.248 e. The molecule has 0 radical (unpaired) electrons. The van der Waals surface area contributed by atoms with Crippen molar-refractivity contribution in [3.05, 3.63) is 35.1 Å². The summed E-state index contributed by atoms with van der Waals surface area (Å²) in [5.74, 6) is -0.309. The van der Waals surface area contributed by atoms with Gasteiger partial charge >= 0.3 is 0 Å². The standard InChI is InChI=1S/C16H24FN3O/c1-2-20-7-5-12(6-8-20)10-19-11-14-4-3-13(16(18)21)9-15(14)17/h3-4,9,12,19H,2,5-8,10-11H2,1H3,(H2,18,21). The van der Waals surface area contributed by atoms with Crippen molar-refractivity contribution >= 4 is 5.91 Å². The van der Waals surface area contributed by atoms with Crippen molar-refractivity contribution in [1.82, 2.24) is 10.2 Å². The lowest BCUT2D eigenvalue weighted by atomic mass is 9.97. The van der Waals surface area contributed by atoms with Gasteiger partial charge in [-0.2, -0.15) is 0 Å². The van der Waals surface area contributed by atoms with Crippen LogP contribution in [0.2, 0.25) is 0 Å². The van der Waals surface area contributed by atoms with Crippen molar-refractivity contribution in [2.45, 2.75) is 26.3 Å². The maximum atomic E-state index is 13.8. The zero-order chi connectivity index (χ0) is 15.2. The molecular formula is C16H24FN3O. The molecule has 0 unspecified atom stereocenters. The molecule has 116 valence electrons. The first-order valence-electron chi connectivity index (χ1n) is 7.61. The third-order valence-electron chi connectivity index (χ3n) is 4.24. The van der Waals surface area contributed by atoms with Crippen LogP contribution in [0.4, 0.5) is 4.39 Å². The lowest BCUT2D eigenvalue weighted by Gasteiger charge is -2.31. The molecule has 0 bridgehead atoms. The van der Waals surface area contributed by atoms with E-state index in [1.165, 1.54) is 18.9 Å². The van der Waals surface area contributed by atoms with Crippen LogP contribution in [0.3, 0.4) is 0 Å². The highest BCUT2D eigenvalue weighted by molar-refractivity contribution is 5.92. The highest BCUT2D eigenvalue weighted by atomic mass is 19.1. The Morgan fingerprint density at radius 1 is 1.43 bits per heavy atom. The normalized spacial score (nSPS) is 17.0. The number of rotatable bonds is 6. The SMILES string of the molecule is CCN1CCC(CNCc2ccc(C(N)=O)cc2F)CC1. The van der Waals surface area contributed by atoms with Crippen molar-refractivity contribution in [1.29, 1.82) is 0 Å². The molecule has 1 heterocycles. The van der Waals surface area contributed by atoms with Gasteiger partial charge in [-0.25, -0.2) is 4.39 Å². The van der Waals surface area contributed by atoms with Gasteiger partial charge in [0.25, 0.3) is 0 Å². The first-order valence-corrected chi connectivity index (χ1v) is 7.61. The summed E-state index contributed by atoms with van der Waals surface area (Å²) in [4.78, 5) is 13.4. The topological polar surface area (TPSA) is 58.4 Å². The third kappa shape index (κ3) is 4.51. The number of nitrogens with zero attached hydrogens (tertiary/aromatic N) is 1. The summed E-state index contributed by atoms with van der Waals surface area (Å²) in [7, 11) is 0. The number of piperidine rings is 1. The number of nitrogens with one attached hydrogen (secondary N) is 1. The number of halogens is 1. The molecule has 0 spiro atoms. The second-order valence-corrected chi connectivity index (χ2v) is 5.68. The predicted octanol–water partition coefficient (Wildman–Crippen LogP) is 1.75. The van der Waals surface area contributed by atoms with E-state index in [0.29, 0.717) is 18.0 Å². The predicted molar refractivity (Wildman–Crippen MR) is 81.5 cm³/mol. The van der Waals surface area contributed by atoms with E-state index in [1.807, 2.05) is 0 Å². The first kappa shape index (κ1) is 15.9. The van der Waals surface area contributed by atoms with E-state index >= 15 is 0 Å². The van der Waals surface area contributed by atoms with Gasteiger partial charge in [0.2, 0.25) is 5.91 Å². The Morgan fingerprint density at radius 3 is 2.71 bits per heavy atom. The largest absolute Gasteiger partial charge is 0.366 e. The zero-order valence-electron chi connectivity index (χ0n) is 12.6. The van der Waals surface area contributed by atoms with Crippen LogP contribution in [0, 0.1) is 11.7 Å². The van der Waals surface area contributed by atoms with Crippen LogP contribution in [-0.2, 0) is 6.54 Å². The van der Waals surface area contributed by atoms with Gasteiger partial charge in [0.05, 0.1) is 0 Å². The van der Waals surface area contributed by atoms with Crippen LogP contribution in [0.5, 0.6) is 0 Å². The molecule has 1 saturated heterocycles. The van der Waals surface area contributed by atoms with Gasteiger partial charge in [0, 0.05) is 17.7 Å². The molecule has 1 aliphatic heterocycles. The number of benzene rings is 1. The summed E-state index contributed by atoms with van der Waals surface area (Å²) in [6, 6.07) is 4.41. The van der Waals surface area contributed by atoms with Crippen LogP contribution >= 0.6 is 0 Å². The van der Waals surface area contributed by atoms with Crippen LogP contribution in [0.25, 0.3) is 0 Å². The Hall–Kier alpha value is -1.46.